The van der Waals surface area contributed by atoms with Crippen LogP contribution < -0.4 is 0 Å². The smallest absolute Gasteiger partial charge is 0.174 e. The van der Waals surface area contributed by atoms with Crippen molar-refractivity contribution in [1.82, 2.24) is 0 Å². The van der Waals surface area contributed by atoms with E-state index in [9.17, 15) is 13.2 Å². The van der Waals surface area contributed by atoms with E-state index < -0.39 is 6.68 Å². The first-order chi connectivity index (χ1) is 5.66. The Morgan fingerprint density at radius 3 is 1.69 bits per heavy atom. The van der Waals surface area contributed by atoms with Gasteiger partial charge in [-0.1, -0.05) is 31.7 Å². The van der Waals surface area contributed by atoms with Crippen LogP contribution in [0.4, 0.5) is 13.2 Å². The third-order valence-corrected chi connectivity index (χ3v) is 1.83. The van der Waals surface area contributed by atoms with Crippen molar-refractivity contribution in [2.45, 2.75) is 11.6 Å². The number of hydrogen-bond acceptors (Lipinski definition) is 0. The molecule has 0 aliphatic heterocycles. The molecule has 13 heavy (non-hydrogen) atoms. The molecule has 1 rings (SSSR count). The van der Waals surface area contributed by atoms with Crippen LogP contribution in [0.2, 0.25) is 0 Å². The van der Waals surface area contributed by atoms with Crippen LogP contribution >= 0.6 is 0 Å². The summed E-state index contributed by atoms with van der Waals surface area (Å²) >= 11 is 1.35. The van der Waals surface area contributed by atoms with Crippen LogP contribution in [0.25, 0.3) is 0 Å². The maximum absolute atomic E-state index is 9.67. The standard InChI is InChI=1S/C7H8S.CHF3.H2S/c1-8-7-5-3-2-4-6-7;2-1(3)4;/h2-6H,1H3;1H;1H2/p+2. The number of benzene rings is 1. The molecule has 0 unspecified atom stereocenters. The Morgan fingerprint density at radius 2 is 1.46 bits per heavy atom. The molecule has 0 saturated heterocycles. The molecule has 0 atom stereocenters. The lowest BCUT2D eigenvalue weighted by Gasteiger charge is -1.81. The van der Waals surface area contributed by atoms with Gasteiger partial charge in [0.15, 0.2) is 4.90 Å². The zero-order valence-electron chi connectivity index (χ0n) is 7.12. The van der Waals surface area contributed by atoms with Gasteiger partial charge < -0.3 is 0 Å². The first-order valence-electron chi connectivity index (χ1n) is 3.24. The fourth-order valence-corrected chi connectivity index (χ4v) is 1.05. The summed E-state index contributed by atoms with van der Waals surface area (Å²) in [5, 5.41) is 0. The molecule has 1 aromatic carbocycles. The Bertz CT molecular complexity index is 189. The van der Waals surface area contributed by atoms with Crippen molar-refractivity contribution in [3.63, 3.8) is 0 Å². The number of rotatable bonds is 1. The van der Waals surface area contributed by atoms with Crippen LogP contribution in [0.5, 0.6) is 0 Å². The fourth-order valence-electron chi connectivity index (χ4n) is 0.577. The van der Waals surface area contributed by atoms with E-state index in [1.807, 2.05) is 6.07 Å². The molecule has 1 aromatic rings. The van der Waals surface area contributed by atoms with Gasteiger partial charge in [0.25, 0.3) is 0 Å². The molecule has 5 heteroatoms. The molecular weight excluding hydrogens is 217 g/mol. The molecule has 0 saturated carbocycles. The van der Waals surface area contributed by atoms with Gasteiger partial charge in [-0.15, -0.1) is 0 Å². The summed E-state index contributed by atoms with van der Waals surface area (Å²) in [7, 11) is 0. The van der Waals surface area contributed by atoms with Crippen molar-refractivity contribution < 1.29 is 13.2 Å². The summed E-state index contributed by atoms with van der Waals surface area (Å²) in [5.74, 6) is 0. The van der Waals surface area contributed by atoms with E-state index >= 15 is 0 Å². The maximum Gasteiger partial charge on any atom is 0.379 e. The summed E-state index contributed by atoms with van der Waals surface area (Å²) in [6.45, 7) is -3.67. The molecule has 0 amide bonds. The van der Waals surface area contributed by atoms with Crippen molar-refractivity contribution in [2.75, 3.05) is 6.26 Å². The third kappa shape index (κ3) is 11.7. The van der Waals surface area contributed by atoms with Crippen LogP contribution in [-0.4, -0.2) is 12.9 Å². The Balaban J connectivity index is 0. The first kappa shape index (κ1) is 15.2. The Labute approximate surface area is 87.0 Å². The summed E-state index contributed by atoms with van der Waals surface area (Å²) in [5.41, 5.74) is 0. The number of alkyl halides is 3. The number of hydrogen-bond donors (Lipinski definition) is 0. The van der Waals surface area contributed by atoms with Gasteiger partial charge >= 0.3 is 6.68 Å². The zero-order valence-corrected chi connectivity index (χ0v) is 9.17. The Hall–Kier alpha value is -0.290. The maximum atomic E-state index is 9.67. The second kappa shape index (κ2) is 9.80. The van der Waals surface area contributed by atoms with Crippen molar-refractivity contribution >= 4 is 25.3 Å². The Morgan fingerprint density at radius 1 is 1.08 bits per heavy atom. The van der Waals surface area contributed by atoms with Crippen molar-refractivity contribution in [3.8, 4) is 0 Å². The lowest BCUT2D eigenvalue weighted by molar-refractivity contribution is 0.00819. The van der Waals surface area contributed by atoms with Gasteiger partial charge in [0.1, 0.15) is 6.26 Å². The van der Waals surface area contributed by atoms with Crippen molar-refractivity contribution in [1.29, 1.82) is 0 Å². The van der Waals surface area contributed by atoms with Crippen LogP contribution in [0.3, 0.4) is 0 Å². The molecule has 0 fully saturated rings. The third-order valence-electron chi connectivity index (χ3n) is 1.01. The molecule has 0 aliphatic rings. The van der Waals surface area contributed by atoms with E-state index in [-0.39, 0.29) is 13.5 Å². The molecule has 0 aliphatic carbocycles. The van der Waals surface area contributed by atoms with E-state index in [1.165, 1.54) is 16.7 Å². The SMILES string of the molecule is C[SH+]c1ccccc1.FC(F)F.[SH3+]. The molecule has 0 nitrogen and oxygen atoms in total. The van der Waals surface area contributed by atoms with E-state index in [0.717, 1.165) is 0 Å². The second-order valence-corrected chi connectivity index (χ2v) is 2.77. The van der Waals surface area contributed by atoms with E-state index in [2.05, 4.69) is 30.5 Å². The van der Waals surface area contributed by atoms with E-state index in [0.29, 0.717) is 0 Å². The van der Waals surface area contributed by atoms with Gasteiger partial charge in [-0.3, -0.25) is 0 Å². The van der Waals surface area contributed by atoms with Crippen LogP contribution in [0, 0.1) is 0 Å². The quantitative estimate of drug-likeness (QED) is 0.510. The molecule has 0 spiro atoms. The first-order valence-corrected chi connectivity index (χ1v) is 4.58. The molecule has 76 valence electrons. The zero-order chi connectivity index (χ0) is 9.40. The minimum Gasteiger partial charge on any atom is -0.174 e. The monoisotopic (exact) mass is 230 g/mol. The van der Waals surface area contributed by atoms with Gasteiger partial charge in [-0.2, -0.15) is 13.2 Å². The topological polar surface area (TPSA) is 0 Å². The molecular formula is C8H13F3S2+2. The van der Waals surface area contributed by atoms with Gasteiger partial charge in [-0.05, 0) is 12.1 Å². The average Bonchev–Trinajstić information content (AvgIpc) is 2.05. The summed E-state index contributed by atoms with van der Waals surface area (Å²) in [6.07, 6.45) is 2.13. The highest BCUT2D eigenvalue weighted by Crippen LogP contribution is 1.97. The highest BCUT2D eigenvalue weighted by molar-refractivity contribution is 7.77. The molecule has 0 bridgehead atoms. The molecule has 0 radical (unpaired) electrons. The lowest BCUT2D eigenvalue weighted by Crippen LogP contribution is -1.73. The molecule has 0 N–H and O–H groups in total. The largest absolute Gasteiger partial charge is 0.379 e. The lowest BCUT2D eigenvalue weighted by atomic mass is 10.4. The molecule has 0 heterocycles. The summed E-state index contributed by atoms with van der Waals surface area (Å²) in [6, 6.07) is 10.4. The normalized spacial score (nSPS) is 8.38. The van der Waals surface area contributed by atoms with Gasteiger partial charge in [0, 0.05) is 11.8 Å². The van der Waals surface area contributed by atoms with E-state index in [1.54, 1.807) is 0 Å². The molecule has 0 aromatic heterocycles. The summed E-state index contributed by atoms with van der Waals surface area (Å²) < 4.78 is 29.0. The van der Waals surface area contributed by atoms with Crippen LogP contribution in [0.1, 0.15) is 0 Å². The predicted molar refractivity (Wildman–Crippen MR) is 58.1 cm³/mol. The second-order valence-electron chi connectivity index (χ2n) is 1.81. The van der Waals surface area contributed by atoms with Gasteiger partial charge in [0.05, 0.1) is 0 Å². The number of halogens is 3. The van der Waals surface area contributed by atoms with Crippen LogP contribution in [-0.2, 0) is 25.3 Å². The summed E-state index contributed by atoms with van der Waals surface area (Å²) in [4.78, 5) is 1.38. The van der Waals surface area contributed by atoms with Gasteiger partial charge in [0.2, 0.25) is 0 Å². The van der Waals surface area contributed by atoms with Crippen molar-refractivity contribution in [3.05, 3.63) is 30.3 Å². The predicted octanol–water partition coefficient (Wildman–Crippen LogP) is 1.86. The highest BCUT2D eigenvalue weighted by Gasteiger charge is 1.89. The minimum atomic E-state index is -3.67. The van der Waals surface area contributed by atoms with Crippen molar-refractivity contribution in [2.24, 2.45) is 0 Å². The average molecular weight is 230 g/mol. The number of thiol groups is 1. The van der Waals surface area contributed by atoms with Crippen LogP contribution in [0.15, 0.2) is 35.2 Å². The van der Waals surface area contributed by atoms with E-state index in [4.69, 9.17) is 0 Å². The van der Waals surface area contributed by atoms with Gasteiger partial charge in [-0.25, -0.2) is 0 Å². The Kier molecular flexibility index (Phi) is 11.4. The highest BCUT2D eigenvalue weighted by atomic mass is 32.2. The minimum absolute atomic E-state index is 0. The fraction of sp³-hybridized carbons (Fsp3) is 0.250.